The summed E-state index contributed by atoms with van der Waals surface area (Å²) in [4.78, 5) is 39.0. The number of carboxylic acid groups (broad SMARTS) is 1. The Morgan fingerprint density at radius 1 is 1.21 bits per heavy atom. The quantitative estimate of drug-likeness (QED) is 0.483. The molecule has 0 spiro atoms. The van der Waals surface area contributed by atoms with Crippen LogP contribution in [0.1, 0.15) is 44.6 Å². The Hall–Kier alpha value is -2.84. The number of aliphatic carboxylic acids is 1. The molecular formula is C25H33ClN2O6. The van der Waals surface area contributed by atoms with Gasteiger partial charge >= 0.3 is 11.9 Å². The van der Waals surface area contributed by atoms with Gasteiger partial charge in [0.1, 0.15) is 12.6 Å². The summed E-state index contributed by atoms with van der Waals surface area (Å²) in [6.45, 7) is 1.54. The van der Waals surface area contributed by atoms with Crippen molar-refractivity contribution in [2.75, 3.05) is 20.3 Å². The lowest BCUT2D eigenvalue weighted by atomic mass is 9.96. The minimum Gasteiger partial charge on any atom is -0.501 e. The average Bonchev–Trinajstić information content (AvgIpc) is 2.93. The highest BCUT2D eigenvalue weighted by molar-refractivity contribution is 5.89. The van der Waals surface area contributed by atoms with E-state index in [1.54, 1.807) is 20.1 Å². The number of benzene rings is 1. The third-order valence-electron chi connectivity index (χ3n) is 6.02. The van der Waals surface area contributed by atoms with Crippen LogP contribution < -0.4 is 5.32 Å². The van der Waals surface area contributed by atoms with E-state index < -0.39 is 30.6 Å². The summed E-state index contributed by atoms with van der Waals surface area (Å²) < 4.78 is 10.6. The zero-order valence-corrected chi connectivity index (χ0v) is 20.4. The van der Waals surface area contributed by atoms with Gasteiger partial charge in [-0.2, -0.15) is 0 Å². The van der Waals surface area contributed by atoms with Crippen molar-refractivity contribution in [3.05, 3.63) is 59.0 Å². The molecule has 0 fully saturated rings. The molecule has 0 bridgehead atoms. The van der Waals surface area contributed by atoms with Crippen LogP contribution in [0.4, 0.5) is 0 Å². The molecule has 0 saturated heterocycles. The van der Waals surface area contributed by atoms with E-state index in [1.807, 2.05) is 30.3 Å². The summed E-state index contributed by atoms with van der Waals surface area (Å²) in [6, 6.07) is 8.43. The number of nitrogens with one attached hydrogen (secondary N) is 1. The van der Waals surface area contributed by atoms with E-state index in [4.69, 9.17) is 9.47 Å². The van der Waals surface area contributed by atoms with Crippen LogP contribution in [0.15, 0.2) is 53.4 Å². The fraction of sp³-hybridized carbons (Fsp3) is 0.480. The molecule has 2 aliphatic rings. The molecule has 3 rings (SSSR count). The van der Waals surface area contributed by atoms with Crippen LogP contribution in [0.25, 0.3) is 0 Å². The highest BCUT2D eigenvalue weighted by Crippen LogP contribution is 2.33. The first-order valence-corrected chi connectivity index (χ1v) is 11.4. The number of aryl methyl sites for hydroxylation is 1. The van der Waals surface area contributed by atoms with Gasteiger partial charge in [-0.15, -0.1) is 12.4 Å². The molecule has 1 aliphatic carbocycles. The monoisotopic (exact) mass is 492 g/mol. The largest absolute Gasteiger partial charge is 0.501 e. The van der Waals surface area contributed by atoms with E-state index >= 15 is 0 Å². The van der Waals surface area contributed by atoms with Crippen LogP contribution >= 0.6 is 12.4 Å². The number of allylic oxidation sites excluding steroid dienone is 3. The third-order valence-corrected chi connectivity index (χ3v) is 6.02. The second kappa shape index (κ2) is 13.2. The molecule has 2 unspecified atom stereocenters. The van der Waals surface area contributed by atoms with Crippen molar-refractivity contribution < 1.29 is 29.0 Å². The summed E-state index contributed by atoms with van der Waals surface area (Å²) in [5, 5.41) is 12.7. The van der Waals surface area contributed by atoms with Gasteiger partial charge in [-0.1, -0.05) is 30.3 Å². The van der Waals surface area contributed by atoms with Crippen LogP contribution in [0.2, 0.25) is 0 Å². The molecule has 1 aliphatic heterocycles. The number of halogens is 1. The molecule has 1 amide bonds. The van der Waals surface area contributed by atoms with Gasteiger partial charge in [0.25, 0.3) is 0 Å². The van der Waals surface area contributed by atoms with Crippen molar-refractivity contribution in [1.82, 2.24) is 10.2 Å². The molecular weight excluding hydrogens is 460 g/mol. The van der Waals surface area contributed by atoms with Crippen molar-refractivity contribution >= 4 is 30.3 Å². The highest BCUT2D eigenvalue weighted by Gasteiger charge is 2.36. The average molecular weight is 493 g/mol. The Balaban J connectivity index is 0.00000408. The smallest absolute Gasteiger partial charge is 0.323 e. The standard InChI is InChI=1S/C25H32N2O6.ClH/c1-3-33-25(31)21(13-9-17-7-5-4-6-8-17)26-20-14-11-18-10-12-19(32-2)15-22(18)27(24(20)30)16-23(28)29;/h4-8,15,20-21,26H,3,9-14,16H2,1-2H3,(H,28,29);1H. The van der Waals surface area contributed by atoms with E-state index in [0.717, 1.165) is 16.9 Å². The minimum absolute atomic E-state index is 0. The minimum atomic E-state index is -1.10. The lowest BCUT2D eigenvalue weighted by molar-refractivity contribution is -0.147. The predicted octanol–water partition coefficient (Wildman–Crippen LogP) is 3.22. The zero-order valence-electron chi connectivity index (χ0n) is 19.6. The third kappa shape index (κ3) is 7.08. The Morgan fingerprint density at radius 2 is 1.94 bits per heavy atom. The maximum atomic E-state index is 13.5. The lowest BCUT2D eigenvalue weighted by Gasteiger charge is -2.29. The van der Waals surface area contributed by atoms with E-state index in [9.17, 15) is 19.5 Å². The van der Waals surface area contributed by atoms with E-state index in [2.05, 4.69) is 5.32 Å². The highest BCUT2D eigenvalue weighted by atomic mass is 35.5. The molecule has 8 nitrogen and oxygen atoms in total. The van der Waals surface area contributed by atoms with Crippen LogP contribution in [0.5, 0.6) is 0 Å². The summed E-state index contributed by atoms with van der Waals surface area (Å²) >= 11 is 0. The fourth-order valence-electron chi connectivity index (χ4n) is 4.32. The maximum Gasteiger partial charge on any atom is 0.323 e. The molecule has 2 N–H and O–H groups in total. The molecule has 1 aromatic carbocycles. The molecule has 1 heterocycles. The van der Waals surface area contributed by atoms with Gasteiger partial charge in [-0.3, -0.25) is 24.6 Å². The predicted molar refractivity (Wildman–Crippen MR) is 129 cm³/mol. The van der Waals surface area contributed by atoms with E-state index in [0.29, 0.717) is 44.2 Å². The van der Waals surface area contributed by atoms with Crippen molar-refractivity contribution in [2.24, 2.45) is 0 Å². The van der Waals surface area contributed by atoms with Crippen molar-refractivity contribution in [2.45, 2.75) is 57.5 Å². The molecule has 0 aromatic heterocycles. The normalized spacial score (nSPS) is 18.8. The van der Waals surface area contributed by atoms with Crippen LogP contribution in [0.3, 0.4) is 0 Å². The number of hydrogen-bond donors (Lipinski definition) is 2. The first kappa shape index (κ1) is 27.4. The number of carbonyl (C=O) groups is 3. The number of methoxy groups -OCH3 is 1. The van der Waals surface area contributed by atoms with Crippen molar-refractivity contribution in [3.8, 4) is 0 Å². The number of nitrogens with zero attached hydrogens (tertiary/aromatic N) is 1. The van der Waals surface area contributed by atoms with Gasteiger partial charge in [0.2, 0.25) is 5.91 Å². The molecule has 34 heavy (non-hydrogen) atoms. The second-order valence-corrected chi connectivity index (χ2v) is 8.21. The lowest BCUT2D eigenvalue weighted by Crippen LogP contribution is -2.52. The van der Waals surface area contributed by atoms with Gasteiger partial charge in [-0.05, 0) is 56.2 Å². The Morgan fingerprint density at radius 3 is 2.59 bits per heavy atom. The van der Waals surface area contributed by atoms with Crippen molar-refractivity contribution in [3.63, 3.8) is 0 Å². The van der Waals surface area contributed by atoms with Gasteiger partial charge in [0, 0.05) is 12.1 Å². The number of amides is 1. The first-order valence-electron chi connectivity index (χ1n) is 11.4. The zero-order chi connectivity index (χ0) is 23.8. The number of hydrogen-bond acceptors (Lipinski definition) is 6. The SMILES string of the molecule is CCOC(=O)C(CCc1ccccc1)NC1CCC2=C(C=C(OC)CC2)N(CC(=O)O)C1=O.Cl. The van der Waals surface area contributed by atoms with Gasteiger partial charge in [0.15, 0.2) is 0 Å². The Kier molecular flexibility index (Phi) is 10.6. The first-order chi connectivity index (χ1) is 15.9. The molecule has 0 radical (unpaired) electrons. The molecule has 9 heteroatoms. The number of carbonyl (C=O) groups excluding carboxylic acids is 2. The summed E-state index contributed by atoms with van der Waals surface area (Å²) in [6.07, 6.45) is 5.41. The Bertz CT molecular complexity index is 931. The number of esters is 1. The molecule has 0 saturated carbocycles. The van der Waals surface area contributed by atoms with E-state index in [-0.39, 0.29) is 24.9 Å². The second-order valence-electron chi connectivity index (χ2n) is 8.21. The molecule has 2 atom stereocenters. The molecule has 186 valence electrons. The molecule has 1 aromatic rings. The van der Waals surface area contributed by atoms with Gasteiger partial charge in [-0.25, -0.2) is 0 Å². The summed E-state index contributed by atoms with van der Waals surface area (Å²) in [7, 11) is 1.57. The Labute approximate surface area is 206 Å². The summed E-state index contributed by atoms with van der Waals surface area (Å²) in [5.74, 6) is -1.14. The van der Waals surface area contributed by atoms with Crippen LogP contribution in [-0.2, 0) is 30.3 Å². The number of rotatable bonds is 10. The number of ether oxygens (including phenoxy) is 2. The van der Waals surface area contributed by atoms with Gasteiger partial charge < -0.3 is 14.6 Å². The van der Waals surface area contributed by atoms with Crippen LogP contribution in [-0.4, -0.2) is 60.2 Å². The fourth-order valence-corrected chi connectivity index (χ4v) is 4.32. The maximum absolute atomic E-state index is 13.5. The van der Waals surface area contributed by atoms with Crippen LogP contribution in [0, 0.1) is 0 Å². The summed E-state index contributed by atoms with van der Waals surface area (Å²) in [5.41, 5.74) is 2.72. The number of carboxylic acids is 1. The topological polar surface area (TPSA) is 105 Å². The van der Waals surface area contributed by atoms with E-state index in [1.165, 1.54) is 4.90 Å². The van der Waals surface area contributed by atoms with Gasteiger partial charge in [0.05, 0.1) is 25.5 Å². The van der Waals surface area contributed by atoms with Crippen molar-refractivity contribution in [1.29, 1.82) is 0 Å².